The van der Waals surface area contributed by atoms with Crippen molar-refractivity contribution < 1.29 is 9.53 Å². The van der Waals surface area contributed by atoms with Gasteiger partial charge in [0.25, 0.3) is 0 Å². The fraction of sp³-hybridized carbons (Fsp3) is 0.500. The molecular formula is C18H27Cl2N3O2. The zero-order chi connectivity index (χ0) is 16.4. The van der Waals surface area contributed by atoms with Crippen LogP contribution in [0.3, 0.4) is 0 Å². The van der Waals surface area contributed by atoms with Gasteiger partial charge in [0, 0.05) is 42.5 Å². The molecule has 1 aromatic heterocycles. The Labute approximate surface area is 161 Å². The van der Waals surface area contributed by atoms with Crippen LogP contribution in [0.25, 0.3) is 10.9 Å². The Kier molecular flexibility index (Phi) is 7.75. The second-order valence-corrected chi connectivity index (χ2v) is 6.86. The normalized spacial score (nSPS) is 16.2. The Balaban J connectivity index is 0.00000156. The summed E-state index contributed by atoms with van der Waals surface area (Å²) in [5.74, 6) is 0.470. The van der Waals surface area contributed by atoms with Crippen molar-refractivity contribution in [2.75, 3.05) is 18.5 Å². The summed E-state index contributed by atoms with van der Waals surface area (Å²) in [6.45, 7) is 6.48. The van der Waals surface area contributed by atoms with Crippen molar-refractivity contribution in [2.24, 2.45) is 11.7 Å². The molecular weight excluding hydrogens is 361 g/mol. The number of carbonyl (C=O) groups excluding carboxylic acids is 1. The van der Waals surface area contributed by atoms with Gasteiger partial charge in [-0.1, -0.05) is 13.8 Å². The third kappa shape index (κ3) is 4.88. The van der Waals surface area contributed by atoms with Crippen LogP contribution in [0.4, 0.5) is 5.69 Å². The van der Waals surface area contributed by atoms with Crippen LogP contribution >= 0.6 is 24.8 Å². The van der Waals surface area contributed by atoms with Crippen molar-refractivity contribution in [1.29, 1.82) is 0 Å². The maximum Gasteiger partial charge on any atom is 0.244 e. The largest absolute Gasteiger partial charge is 0.381 e. The molecule has 0 spiro atoms. The van der Waals surface area contributed by atoms with E-state index >= 15 is 0 Å². The van der Waals surface area contributed by atoms with Crippen LogP contribution in [-0.2, 0) is 16.1 Å². The van der Waals surface area contributed by atoms with Crippen molar-refractivity contribution >= 4 is 47.3 Å². The number of carbonyl (C=O) groups is 1. The van der Waals surface area contributed by atoms with Gasteiger partial charge >= 0.3 is 0 Å². The number of nitrogens with two attached hydrogens (primary N) is 1. The highest BCUT2D eigenvalue weighted by molar-refractivity contribution is 5.99. The van der Waals surface area contributed by atoms with E-state index in [1.807, 2.05) is 12.1 Å². The van der Waals surface area contributed by atoms with Crippen molar-refractivity contribution in [3.63, 3.8) is 0 Å². The van der Waals surface area contributed by atoms with E-state index < -0.39 is 5.54 Å². The summed E-state index contributed by atoms with van der Waals surface area (Å²) in [7, 11) is 0. The van der Waals surface area contributed by atoms with Crippen molar-refractivity contribution in [3.05, 3.63) is 30.5 Å². The summed E-state index contributed by atoms with van der Waals surface area (Å²) in [4.78, 5) is 12.5. The number of nitrogens with zero attached hydrogens (tertiary/aromatic N) is 1. The monoisotopic (exact) mass is 387 g/mol. The van der Waals surface area contributed by atoms with Crippen LogP contribution in [0, 0.1) is 5.92 Å². The van der Waals surface area contributed by atoms with Gasteiger partial charge in [-0.3, -0.25) is 4.79 Å². The van der Waals surface area contributed by atoms with Crippen LogP contribution in [-0.4, -0.2) is 29.2 Å². The molecule has 0 aliphatic carbocycles. The maximum absolute atomic E-state index is 12.5. The van der Waals surface area contributed by atoms with E-state index in [0.717, 1.165) is 17.6 Å². The molecule has 1 aromatic carbocycles. The lowest BCUT2D eigenvalue weighted by atomic mass is 9.90. The summed E-state index contributed by atoms with van der Waals surface area (Å²) in [5.41, 5.74) is 7.38. The quantitative estimate of drug-likeness (QED) is 0.841. The van der Waals surface area contributed by atoms with E-state index in [9.17, 15) is 4.79 Å². The summed E-state index contributed by atoms with van der Waals surface area (Å²) < 4.78 is 7.54. The van der Waals surface area contributed by atoms with Crippen molar-refractivity contribution in [3.8, 4) is 0 Å². The van der Waals surface area contributed by atoms with Crippen molar-refractivity contribution in [2.45, 2.75) is 38.8 Å². The number of hydrogen-bond acceptors (Lipinski definition) is 3. The summed E-state index contributed by atoms with van der Waals surface area (Å²) >= 11 is 0. The van der Waals surface area contributed by atoms with Gasteiger partial charge in [0.05, 0.1) is 0 Å². The molecule has 1 aliphatic rings. The number of ether oxygens (including phenoxy) is 1. The highest BCUT2D eigenvalue weighted by atomic mass is 35.5. The molecule has 140 valence electrons. The van der Waals surface area contributed by atoms with Gasteiger partial charge in [-0.25, -0.2) is 0 Å². The van der Waals surface area contributed by atoms with E-state index in [0.29, 0.717) is 32.0 Å². The summed E-state index contributed by atoms with van der Waals surface area (Å²) in [6, 6.07) is 8.09. The highest BCUT2D eigenvalue weighted by Gasteiger charge is 2.35. The highest BCUT2D eigenvalue weighted by Crippen LogP contribution is 2.24. The lowest BCUT2D eigenvalue weighted by Crippen LogP contribution is -2.54. The van der Waals surface area contributed by atoms with Crippen LogP contribution in [0.5, 0.6) is 0 Å². The van der Waals surface area contributed by atoms with Gasteiger partial charge in [0.1, 0.15) is 5.54 Å². The van der Waals surface area contributed by atoms with E-state index in [2.05, 4.69) is 42.1 Å². The minimum absolute atomic E-state index is 0. The first kappa shape index (κ1) is 21.8. The molecule has 7 heteroatoms. The fourth-order valence-corrected chi connectivity index (χ4v) is 3.05. The Bertz CT molecular complexity index is 709. The topological polar surface area (TPSA) is 69.3 Å². The lowest BCUT2D eigenvalue weighted by molar-refractivity contribution is -0.124. The van der Waals surface area contributed by atoms with E-state index in [1.54, 1.807) is 0 Å². The second kappa shape index (κ2) is 8.90. The molecule has 1 saturated heterocycles. The van der Waals surface area contributed by atoms with Gasteiger partial charge in [-0.2, -0.15) is 0 Å². The molecule has 0 atom stereocenters. The number of nitrogens with one attached hydrogen (secondary N) is 1. The molecule has 1 amide bonds. The first-order chi connectivity index (χ1) is 11.0. The van der Waals surface area contributed by atoms with E-state index in [-0.39, 0.29) is 30.7 Å². The maximum atomic E-state index is 12.5. The number of aromatic nitrogens is 1. The molecule has 25 heavy (non-hydrogen) atoms. The number of halogens is 2. The first-order valence-corrected chi connectivity index (χ1v) is 8.25. The van der Waals surface area contributed by atoms with E-state index in [4.69, 9.17) is 10.5 Å². The Morgan fingerprint density at radius 3 is 2.60 bits per heavy atom. The molecule has 2 aromatic rings. The molecule has 2 heterocycles. The number of rotatable bonds is 4. The molecule has 5 nitrogen and oxygen atoms in total. The second-order valence-electron chi connectivity index (χ2n) is 6.86. The fourth-order valence-electron chi connectivity index (χ4n) is 3.05. The minimum Gasteiger partial charge on any atom is -0.381 e. The predicted octanol–water partition coefficient (Wildman–Crippen LogP) is 3.59. The molecule has 0 unspecified atom stereocenters. The van der Waals surface area contributed by atoms with Crippen molar-refractivity contribution in [1.82, 2.24) is 4.57 Å². The molecule has 3 N–H and O–H groups in total. The number of anilines is 1. The number of amides is 1. The smallest absolute Gasteiger partial charge is 0.244 e. The summed E-state index contributed by atoms with van der Waals surface area (Å²) in [5, 5.41) is 4.09. The van der Waals surface area contributed by atoms with Crippen LogP contribution in [0.15, 0.2) is 30.5 Å². The van der Waals surface area contributed by atoms with Gasteiger partial charge in [0.15, 0.2) is 0 Å². The number of benzene rings is 1. The Morgan fingerprint density at radius 1 is 1.28 bits per heavy atom. The standard InChI is InChI=1S/C18H25N3O2.2ClH/c1-13(2)12-21-8-5-14-11-15(3-4-16(14)21)20-17(22)18(19)6-9-23-10-7-18;;/h3-5,8,11,13H,6-7,9-10,12,19H2,1-2H3,(H,20,22);2*1H. The average molecular weight is 388 g/mol. The van der Waals surface area contributed by atoms with Gasteiger partial charge in [-0.05, 0) is 43.0 Å². The summed E-state index contributed by atoms with van der Waals surface area (Å²) in [6.07, 6.45) is 3.22. The third-order valence-corrected chi connectivity index (χ3v) is 4.43. The average Bonchev–Trinajstić information content (AvgIpc) is 2.89. The number of hydrogen-bond donors (Lipinski definition) is 2. The first-order valence-electron chi connectivity index (χ1n) is 8.25. The number of fused-ring (bicyclic) bond motifs is 1. The molecule has 1 aliphatic heterocycles. The van der Waals surface area contributed by atoms with Crippen LogP contribution in [0.2, 0.25) is 0 Å². The Hall–Kier alpha value is -1.27. The molecule has 0 radical (unpaired) electrons. The zero-order valence-corrected chi connectivity index (χ0v) is 16.3. The molecule has 0 bridgehead atoms. The Morgan fingerprint density at radius 2 is 1.96 bits per heavy atom. The van der Waals surface area contributed by atoms with Gasteiger partial charge < -0.3 is 20.4 Å². The third-order valence-electron chi connectivity index (χ3n) is 4.43. The zero-order valence-electron chi connectivity index (χ0n) is 14.7. The lowest BCUT2D eigenvalue weighted by Gasteiger charge is -2.31. The van der Waals surface area contributed by atoms with Crippen LogP contribution < -0.4 is 11.1 Å². The van der Waals surface area contributed by atoms with Gasteiger partial charge in [0.2, 0.25) is 5.91 Å². The van der Waals surface area contributed by atoms with Crippen LogP contribution in [0.1, 0.15) is 26.7 Å². The SMILES string of the molecule is CC(C)Cn1ccc2cc(NC(=O)C3(N)CCOCC3)ccc21.Cl.Cl. The molecule has 1 fully saturated rings. The minimum atomic E-state index is -0.823. The van der Waals surface area contributed by atoms with E-state index in [1.165, 1.54) is 5.52 Å². The molecule has 3 rings (SSSR count). The van der Waals surface area contributed by atoms with Gasteiger partial charge in [-0.15, -0.1) is 24.8 Å². The molecule has 0 saturated carbocycles. The predicted molar refractivity (Wildman–Crippen MR) is 107 cm³/mol.